The molecule has 0 bridgehead atoms. The number of aromatic carboxylic acids is 1. The Morgan fingerprint density at radius 2 is 2.00 bits per heavy atom. The predicted octanol–water partition coefficient (Wildman–Crippen LogP) is 3.67. The van der Waals surface area contributed by atoms with Crippen molar-refractivity contribution in [3.63, 3.8) is 0 Å². The Morgan fingerprint density at radius 1 is 1.20 bits per heavy atom. The van der Waals surface area contributed by atoms with E-state index in [1.807, 2.05) is 24.3 Å². The highest BCUT2D eigenvalue weighted by Crippen LogP contribution is 2.28. The summed E-state index contributed by atoms with van der Waals surface area (Å²) in [5.41, 5.74) is 3.22. The highest BCUT2D eigenvalue weighted by molar-refractivity contribution is 14.1. The van der Waals surface area contributed by atoms with Crippen molar-refractivity contribution in [1.29, 1.82) is 0 Å². The summed E-state index contributed by atoms with van der Waals surface area (Å²) in [6, 6.07) is 12.1. The molecule has 0 amide bonds. The fourth-order valence-corrected chi connectivity index (χ4v) is 3.58. The minimum absolute atomic E-state index is 0.0389. The number of hydrogen-bond acceptors (Lipinski definition) is 3. The molecule has 1 aromatic heterocycles. The zero-order valence-electron chi connectivity index (χ0n) is 12.8. The van der Waals surface area contributed by atoms with Gasteiger partial charge >= 0.3 is 5.97 Å². The molecule has 0 fully saturated rings. The van der Waals surface area contributed by atoms with Crippen LogP contribution in [-0.2, 0) is 6.54 Å². The first kappa shape index (κ1) is 15.9. The normalized spacial score (nSPS) is 12.8. The lowest BCUT2D eigenvalue weighted by atomic mass is 10.0. The van der Waals surface area contributed by atoms with Crippen molar-refractivity contribution in [2.75, 3.05) is 0 Å². The van der Waals surface area contributed by atoms with Crippen LogP contribution in [0.5, 0.6) is 0 Å². The Hall–Kier alpha value is -2.55. The second-order valence-corrected chi connectivity index (χ2v) is 6.68. The number of aliphatic imine (C=N–C) groups is 1. The van der Waals surface area contributed by atoms with Crippen LogP contribution in [-0.4, -0.2) is 26.3 Å². The van der Waals surface area contributed by atoms with Crippen LogP contribution in [0.3, 0.4) is 0 Å². The van der Waals surface area contributed by atoms with Crippen LogP contribution in [0.1, 0.15) is 27.3 Å². The molecule has 0 saturated heterocycles. The second-order valence-electron chi connectivity index (χ2n) is 5.52. The highest BCUT2D eigenvalue weighted by Gasteiger charge is 2.25. The lowest BCUT2D eigenvalue weighted by Gasteiger charge is -2.12. The Bertz CT molecular complexity index is 1040. The number of nitrogens with zero attached hydrogens (tertiary/aromatic N) is 3. The van der Waals surface area contributed by atoms with Crippen molar-refractivity contribution in [3.05, 3.63) is 80.7 Å². The van der Waals surface area contributed by atoms with Crippen LogP contribution in [0.25, 0.3) is 5.69 Å². The Kier molecular flexibility index (Phi) is 3.87. The van der Waals surface area contributed by atoms with Gasteiger partial charge in [0.1, 0.15) is 12.1 Å². The second kappa shape index (κ2) is 6.07. The van der Waals surface area contributed by atoms with Gasteiger partial charge in [-0.05, 0) is 46.9 Å². The summed E-state index contributed by atoms with van der Waals surface area (Å²) < 4.78 is 16.6. The lowest BCUT2D eigenvalue weighted by Crippen LogP contribution is -2.09. The van der Waals surface area contributed by atoms with E-state index >= 15 is 0 Å². The number of halogens is 2. The summed E-state index contributed by atoms with van der Waals surface area (Å²) in [6.45, 7) is 0.151. The first-order valence-electron chi connectivity index (χ1n) is 7.45. The molecule has 0 aliphatic carbocycles. The lowest BCUT2D eigenvalue weighted by molar-refractivity contribution is 0.0689. The smallest absolute Gasteiger partial charge is 0.356 e. The molecule has 0 unspecified atom stereocenters. The molecule has 4 rings (SSSR count). The standard InChI is InChI=1S/C18H11FIN3O2/c19-10-5-6-14-12(7-10)16(11-3-1-2-4-13(11)20)21-8-15-17(18(24)25)22-9-23(14)15/h1-7,9H,8H2,(H,24,25). The van der Waals surface area contributed by atoms with Crippen LogP contribution in [0.2, 0.25) is 0 Å². The molecule has 1 aliphatic heterocycles. The fourth-order valence-electron chi connectivity index (χ4n) is 2.94. The van der Waals surface area contributed by atoms with E-state index in [4.69, 9.17) is 0 Å². The van der Waals surface area contributed by atoms with Crippen LogP contribution in [0.15, 0.2) is 53.8 Å². The van der Waals surface area contributed by atoms with E-state index in [1.54, 1.807) is 10.6 Å². The molecule has 0 saturated carbocycles. The van der Waals surface area contributed by atoms with Crippen LogP contribution >= 0.6 is 22.6 Å². The molecule has 124 valence electrons. The van der Waals surface area contributed by atoms with E-state index in [1.165, 1.54) is 18.5 Å². The van der Waals surface area contributed by atoms with Crippen molar-refractivity contribution in [2.45, 2.75) is 6.54 Å². The van der Waals surface area contributed by atoms with Gasteiger partial charge < -0.3 is 5.11 Å². The van der Waals surface area contributed by atoms with Crippen LogP contribution in [0.4, 0.5) is 4.39 Å². The minimum atomic E-state index is -1.11. The third-order valence-corrected chi connectivity index (χ3v) is 5.00. The van der Waals surface area contributed by atoms with Crippen molar-refractivity contribution in [1.82, 2.24) is 9.55 Å². The molecule has 1 aliphatic rings. The molecule has 1 N–H and O–H groups in total. The number of imidazole rings is 1. The molecular formula is C18H11FIN3O2. The molecule has 3 aromatic rings. The van der Waals surface area contributed by atoms with E-state index in [0.29, 0.717) is 22.7 Å². The van der Waals surface area contributed by atoms with Gasteiger partial charge in [0.15, 0.2) is 5.69 Å². The molecular weight excluding hydrogens is 436 g/mol. The van der Waals surface area contributed by atoms with Gasteiger partial charge in [0, 0.05) is 14.7 Å². The van der Waals surface area contributed by atoms with Gasteiger partial charge in [-0.1, -0.05) is 18.2 Å². The predicted molar refractivity (Wildman–Crippen MR) is 99.0 cm³/mol. The summed E-state index contributed by atoms with van der Waals surface area (Å²) in [5, 5.41) is 9.36. The molecule has 25 heavy (non-hydrogen) atoms. The minimum Gasteiger partial charge on any atom is -0.476 e. The molecule has 2 heterocycles. The number of hydrogen-bond donors (Lipinski definition) is 1. The number of aromatic nitrogens is 2. The quantitative estimate of drug-likeness (QED) is 0.610. The summed E-state index contributed by atoms with van der Waals surface area (Å²) >= 11 is 2.21. The van der Waals surface area contributed by atoms with Gasteiger partial charge in [-0.25, -0.2) is 14.2 Å². The number of rotatable bonds is 2. The monoisotopic (exact) mass is 447 g/mol. The summed E-state index contributed by atoms with van der Waals surface area (Å²) in [7, 11) is 0. The van der Waals surface area contributed by atoms with Gasteiger partial charge in [-0.2, -0.15) is 0 Å². The molecule has 0 atom stereocenters. The van der Waals surface area contributed by atoms with Crippen molar-refractivity contribution >= 4 is 34.3 Å². The SMILES string of the molecule is O=C(O)c1ncn2c1CN=C(c1ccccc1I)c1cc(F)ccc1-2. The van der Waals surface area contributed by atoms with Crippen LogP contribution in [0, 0.1) is 9.39 Å². The zero-order valence-corrected chi connectivity index (χ0v) is 14.9. The number of benzene rings is 2. The summed E-state index contributed by atoms with van der Waals surface area (Å²) in [4.78, 5) is 20.0. The van der Waals surface area contributed by atoms with E-state index in [-0.39, 0.29) is 18.1 Å². The average molecular weight is 447 g/mol. The topological polar surface area (TPSA) is 67.5 Å². The van der Waals surface area contributed by atoms with Gasteiger partial charge in [-0.3, -0.25) is 9.56 Å². The third kappa shape index (κ3) is 2.64. The maximum atomic E-state index is 14.0. The van der Waals surface area contributed by atoms with E-state index in [0.717, 1.165) is 9.13 Å². The Labute approximate surface area is 156 Å². The van der Waals surface area contributed by atoms with E-state index < -0.39 is 5.97 Å². The van der Waals surface area contributed by atoms with Gasteiger partial charge in [0.2, 0.25) is 0 Å². The third-order valence-electron chi connectivity index (χ3n) is 4.06. The number of fused-ring (bicyclic) bond motifs is 3. The number of carboxylic acids is 1. The van der Waals surface area contributed by atoms with Crippen molar-refractivity contribution in [3.8, 4) is 5.69 Å². The van der Waals surface area contributed by atoms with Crippen molar-refractivity contribution < 1.29 is 14.3 Å². The Balaban J connectivity index is 2.01. The van der Waals surface area contributed by atoms with Gasteiger partial charge in [-0.15, -0.1) is 0 Å². The first-order chi connectivity index (χ1) is 12.1. The Morgan fingerprint density at radius 3 is 2.76 bits per heavy atom. The fraction of sp³-hybridized carbons (Fsp3) is 0.0556. The number of carboxylic acid groups (broad SMARTS) is 1. The maximum Gasteiger partial charge on any atom is 0.356 e. The number of carbonyl (C=O) groups is 1. The summed E-state index contributed by atoms with van der Waals surface area (Å²) in [6.07, 6.45) is 1.45. The molecule has 5 nitrogen and oxygen atoms in total. The van der Waals surface area contributed by atoms with Gasteiger partial charge in [0.25, 0.3) is 0 Å². The highest BCUT2D eigenvalue weighted by atomic mass is 127. The average Bonchev–Trinajstić information content (AvgIpc) is 2.94. The molecule has 0 radical (unpaired) electrons. The van der Waals surface area contributed by atoms with Crippen molar-refractivity contribution in [2.24, 2.45) is 4.99 Å². The van der Waals surface area contributed by atoms with E-state index in [9.17, 15) is 14.3 Å². The maximum absolute atomic E-state index is 14.0. The van der Waals surface area contributed by atoms with E-state index in [2.05, 4.69) is 32.6 Å². The largest absolute Gasteiger partial charge is 0.476 e. The van der Waals surface area contributed by atoms with Crippen LogP contribution < -0.4 is 0 Å². The first-order valence-corrected chi connectivity index (χ1v) is 8.53. The molecule has 0 spiro atoms. The molecule has 7 heteroatoms. The van der Waals surface area contributed by atoms with Gasteiger partial charge in [0.05, 0.1) is 23.6 Å². The zero-order chi connectivity index (χ0) is 17.6. The molecule has 2 aromatic carbocycles. The summed E-state index contributed by atoms with van der Waals surface area (Å²) in [5.74, 6) is -1.48.